The van der Waals surface area contributed by atoms with Crippen LogP contribution in [-0.2, 0) is 4.79 Å². The summed E-state index contributed by atoms with van der Waals surface area (Å²) in [5.41, 5.74) is 0.378. The number of benzene rings is 1. The van der Waals surface area contributed by atoms with E-state index in [0.717, 1.165) is 18.6 Å². The summed E-state index contributed by atoms with van der Waals surface area (Å²) in [5.74, 6) is -1.74. The third-order valence-electron chi connectivity index (χ3n) is 3.08. The topological polar surface area (TPSA) is 66.4 Å². The van der Waals surface area contributed by atoms with Gasteiger partial charge in [0.05, 0.1) is 5.56 Å². The molecular weight excluding hydrogens is 249 g/mol. The minimum absolute atomic E-state index is 0.0217. The van der Waals surface area contributed by atoms with Gasteiger partial charge in [0.1, 0.15) is 5.82 Å². The maximum atomic E-state index is 13.8. The molecule has 19 heavy (non-hydrogen) atoms. The molecule has 1 aromatic rings. The van der Waals surface area contributed by atoms with Crippen LogP contribution < -0.4 is 5.32 Å². The summed E-state index contributed by atoms with van der Waals surface area (Å²) in [6, 6.07) is 4.15. The molecule has 0 aliphatic heterocycles. The number of carboxylic acids is 1. The lowest BCUT2D eigenvalue weighted by Crippen LogP contribution is -2.27. The number of amides is 1. The van der Waals surface area contributed by atoms with E-state index in [2.05, 4.69) is 5.32 Å². The van der Waals surface area contributed by atoms with E-state index in [-0.39, 0.29) is 11.6 Å². The number of hydrogen-bond acceptors (Lipinski definition) is 2. The monoisotopic (exact) mass is 263 g/mol. The van der Waals surface area contributed by atoms with Crippen molar-refractivity contribution in [1.29, 1.82) is 0 Å². The summed E-state index contributed by atoms with van der Waals surface area (Å²) in [6.07, 6.45) is 3.11. The van der Waals surface area contributed by atoms with E-state index in [1.165, 1.54) is 18.2 Å². The molecule has 2 unspecified atom stereocenters. The molecule has 0 spiro atoms. The van der Waals surface area contributed by atoms with E-state index in [4.69, 9.17) is 5.11 Å². The first-order valence-electron chi connectivity index (χ1n) is 5.99. The Morgan fingerprint density at radius 2 is 2.16 bits per heavy atom. The lowest BCUT2D eigenvalue weighted by Gasteiger charge is -2.05. The number of carboxylic acid groups (broad SMARTS) is 1. The van der Waals surface area contributed by atoms with Crippen molar-refractivity contribution in [3.63, 3.8) is 0 Å². The highest BCUT2D eigenvalue weighted by molar-refractivity contribution is 5.95. The normalized spacial score (nSPS) is 21.4. The van der Waals surface area contributed by atoms with E-state index >= 15 is 0 Å². The van der Waals surface area contributed by atoms with Crippen molar-refractivity contribution < 1.29 is 19.1 Å². The predicted molar refractivity (Wildman–Crippen MR) is 68.1 cm³/mol. The zero-order valence-corrected chi connectivity index (χ0v) is 10.4. The summed E-state index contributed by atoms with van der Waals surface area (Å²) in [5, 5.41) is 11.2. The second-order valence-corrected chi connectivity index (χ2v) is 4.70. The molecule has 0 heterocycles. The largest absolute Gasteiger partial charge is 0.478 e. The number of halogens is 1. The van der Waals surface area contributed by atoms with E-state index in [1.807, 2.05) is 6.92 Å². The van der Waals surface area contributed by atoms with Crippen molar-refractivity contribution in [3.05, 3.63) is 41.2 Å². The predicted octanol–water partition coefficient (Wildman–Crippen LogP) is 2.06. The third-order valence-corrected chi connectivity index (χ3v) is 3.08. The molecule has 0 radical (unpaired) electrons. The van der Waals surface area contributed by atoms with Crippen LogP contribution in [0.15, 0.2) is 24.3 Å². The molecule has 100 valence electrons. The van der Waals surface area contributed by atoms with Crippen molar-refractivity contribution in [3.8, 4) is 0 Å². The van der Waals surface area contributed by atoms with Crippen LogP contribution in [0.25, 0.3) is 6.08 Å². The number of hydrogen-bond donors (Lipinski definition) is 2. The van der Waals surface area contributed by atoms with Gasteiger partial charge < -0.3 is 10.4 Å². The smallest absolute Gasteiger partial charge is 0.328 e. The van der Waals surface area contributed by atoms with Crippen LogP contribution in [0.1, 0.15) is 29.3 Å². The van der Waals surface area contributed by atoms with Crippen molar-refractivity contribution in [1.82, 2.24) is 5.32 Å². The molecule has 5 heteroatoms. The van der Waals surface area contributed by atoms with Crippen molar-refractivity contribution >= 4 is 18.0 Å². The number of rotatable bonds is 4. The SMILES string of the molecule is CC1CC1NC(=O)c1ccc(/C=C/C(=O)O)cc1F. The van der Waals surface area contributed by atoms with Crippen LogP contribution in [0.4, 0.5) is 4.39 Å². The Bertz CT molecular complexity index is 554. The first-order chi connectivity index (χ1) is 8.97. The molecule has 2 rings (SSSR count). The van der Waals surface area contributed by atoms with Crippen LogP contribution in [0.3, 0.4) is 0 Å². The Balaban J connectivity index is 2.10. The van der Waals surface area contributed by atoms with Crippen molar-refractivity contribution in [2.45, 2.75) is 19.4 Å². The molecular formula is C14H14FNO3. The molecule has 2 atom stereocenters. The van der Waals surface area contributed by atoms with Crippen molar-refractivity contribution in [2.24, 2.45) is 5.92 Å². The van der Waals surface area contributed by atoms with Gasteiger partial charge in [-0.25, -0.2) is 9.18 Å². The molecule has 0 bridgehead atoms. The minimum Gasteiger partial charge on any atom is -0.478 e. The van der Waals surface area contributed by atoms with Gasteiger partial charge in [-0.3, -0.25) is 4.79 Å². The van der Waals surface area contributed by atoms with Gasteiger partial charge in [0, 0.05) is 12.1 Å². The molecule has 1 saturated carbocycles. The second-order valence-electron chi connectivity index (χ2n) is 4.70. The summed E-state index contributed by atoms with van der Waals surface area (Å²) >= 11 is 0. The lowest BCUT2D eigenvalue weighted by atomic mass is 10.1. The number of aliphatic carboxylic acids is 1. The first-order valence-corrected chi connectivity index (χ1v) is 5.99. The lowest BCUT2D eigenvalue weighted by molar-refractivity contribution is -0.131. The van der Waals surface area contributed by atoms with Gasteiger partial charge in [0.2, 0.25) is 0 Å². The Kier molecular flexibility index (Phi) is 3.64. The second kappa shape index (κ2) is 5.22. The van der Waals surface area contributed by atoms with Gasteiger partial charge in [-0.1, -0.05) is 13.0 Å². The van der Waals surface area contributed by atoms with Crippen LogP contribution in [0, 0.1) is 11.7 Å². The molecule has 1 aromatic carbocycles. The highest BCUT2D eigenvalue weighted by atomic mass is 19.1. The van der Waals surface area contributed by atoms with Gasteiger partial charge in [0.25, 0.3) is 5.91 Å². The standard InChI is InChI=1S/C14H14FNO3/c1-8-6-12(8)16-14(19)10-4-2-9(7-11(10)15)3-5-13(17)18/h2-5,7-8,12H,6H2,1H3,(H,16,19)(H,17,18)/b5-3+. The highest BCUT2D eigenvalue weighted by Gasteiger charge is 2.34. The fourth-order valence-corrected chi connectivity index (χ4v) is 1.76. The van der Waals surface area contributed by atoms with Crippen LogP contribution in [0.5, 0.6) is 0 Å². The molecule has 1 fully saturated rings. The van der Waals surface area contributed by atoms with Crippen LogP contribution in [0.2, 0.25) is 0 Å². The molecule has 4 nitrogen and oxygen atoms in total. The Morgan fingerprint density at radius 3 is 2.68 bits per heavy atom. The van der Waals surface area contributed by atoms with Gasteiger partial charge in [-0.15, -0.1) is 0 Å². The highest BCUT2D eigenvalue weighted by Crippen LogP contribution is 2.29. The Hall–Kier alpha value is -2.17. The Morgan fingerprint density at radius 1 is 1.47 bits per heavy atom. The van der Waals surface area contributed by atoms with Gasteiger partial charge >= 0.3 is 5.97 Å². The first kappa shape index (κ1) is 13.3. The third kappa shape index (κ3) is 3.40. The average molecular weight is 263 g/mol. The zero-order valence-electron chi connectivity index (χ0n) is 10.4. The van der Waals surface area contributed by atoms with E-state index in [0.29, 0.717) is 11.5 Å². The minimum atomic E-state index is -1.11. The van der Waals surface area contributed by atoms with Gasteiger partial charge in [-0.2, -0.15) is 0 Å². The summed E-state index contributed by atoms with van der Waals surface area (Å²) in [4.78, 5) is 22.1. The Labute approximate surface area is 109 Å². The van der Waals surface area contributed by atoms with Gasteiger partial charge in [-0.05, 0) is 36.1 Å². The molecule has 0 saturated heterocycles. The number of carbonyl (C=O) groups is 2. The number of carbonyl (C=O) groups excluding carboxylic acids is 1. The number of nitrogens with one attached hydrogen (secondary N) is 1. The van der Waals surface area contributed by atoms with Crippen LogP contribution in [-0.4, -0.2) is 23.0 Å². The summed E-state index contributed by atoms with van der Waals surface area (Å²) in [6.45, 7) is 2.01. The molecule has 0 aromatic heterocycles. The van der Waals surface area contributed by atoms with Crippen LogP contribution >= 0.6 is 0 Å². The fraction of sp³-hybridized carbons (Fsp3) is 0.286. The molecule has 2 N–H and O–H groups in total. The molecule has 1 amide bonds. The summed E-state index contributed by atoms with van der Waals surface area (Å²) in [7, 11) is 0. The van der Waals surface area contributed by atoms with E-state index < -0.39 is 17.7 Å². The van der Waals surface area contributed by atoms with Gasteiger partial charge in [0.15, 0.2) is 0 Å². The maximum absolute atomic E-state index is 13.8. The van der Waals surface area contributed by atoms with E-state index in [9.17, 15) is 14.0 Å². The average Bonchev–Trinajstić information content (AvgIpc) is 3.02. The summed E-state index contributed by atoms with van der Waals surface area (Å²) < 4.78 is 13.8. The van der Waals surface area contributed by atoms with Crippen molar-refractivity contribution in [2.75, 3.05) is 0 Å². The fourth-order valence-electron chi connectivity index (χ4n) is 1.76. The maximum Gasteiger partial charge on any atom is 0.328 e. The van der Waals surface area contributed by atoms with E-state index in [1.54, 1.807) is 0 Å². The quantitative estimate of drug-likeness (QED) is 0.817. The molecule has 1 aliphatic carbocycles. The molecule has 1 aliphatic rings. The zero-order chi connectivity index (χ0) is 14.0.